The first-order valence-corrected chi connectivity index (χ1v) is 7.48. The van der Waals surface area contributed by atoms with Crippen molar-refractivity contribution in [1.29, 1.82) is 0 Å². The molecule has 0 aromatic carbocycles. The first-order valence-electron chi connectivity index (χ1n) is 7.48. The molecule has 1 aliphatic rings. The normalized spacial score (nSPS) is 22.1. The van der Waals surface area contributed by atoms with Gasteiger partial charge in [-0.3, -0.25) is 4.90 Å². The third-order valence-corrected chi connectivity index (χ3v) is 4.42. The summed E-state index contributed by atoms with van der Waals surface area (Å²) >= 11 is 0. The molecule has 0 aromatic heterocycles. The van der Waals surface area contributed by atoms with Gasteiger partial charge in [0.05, 0.1) is 0 Å². The lowest BCUT2D eigenvalue weighted by Gasteiger charge is -2.40. The van der Waals surface area contributed by atoms with Crippen LogP contribution in [0.3, 0.4) is 0 Å². The van der Waals surface area contributed by atoms with Gasteiger partial charge in [0.15, 0.2) is 0 Å². The predicted octanol–water partition coefficient (Wildman–Crippen LogP) is 3.26. The fourth-order valence-corrected chi connectivity index (χ4v) is 3.46. The van der Waals surface area contributed by atoms with Gasteiger partial charge < -0.3 is 5.73 Å². The summed E-state index contributed by atoms with van der Waals surface area (Å²) in [5, 5.41) is 0. The minimum absolute atomic E-state index is 0.570. The molecule has 0 saturated heterocycles. The summed E-state index contributed by atoms with van der Waals surface area (Å²) in [6.07, 6.45) is 8.29. The van der Waals surface area contributed by atoms with Crippen LogP contribution in [0.5, 0.6) is 0 Å². The van der Waals surface area contributed by atoms with Gasteiger partial charge in [0.1, 0.15) is 0 Å². The zero-order chi connectivity index (χ0) is 12.8. The zero-order valence-corrected chi connectivity index (χ0v) is 12.3. The van der Waals surface area contributed by atoms with E-state index in [-0.39, 0.29) is 0 Å². The van der Waals surface area contributed by atoms with Crippen LogP contribution in [-0.4, -0.2) is 30.6 Å². The standard InChI is InChI=1S/C15H32N2/c1-12(2)10-13(3)15(11-16)17(4)14-8-6-5-7-9-14/h12-15H,5-11,16H2,1-4H3. The SMILES string of the molecule is CC(C)CC(C)C(CN)N(C)C1CCCCC1. The molecule has 0 radical (unpaired) electrons. The summed E-state index contributed by atoms with van der Waals surface area (Å²) in [6.45, 7) is 7.80. The van der Waals surface area contributed by atoms with E-state index in [4.69, 9.17) is 5.73 Å². The summed E-state index contributed by atoms with van der Waals surface area (Å²) in [6, 6.07) is 1.35. The van der Waals surface area contributed by atoms with Crippen molar-refractivity contribution < 1.29 is 0 Å². The highest BCUT2D eigenvalue weighted by molar-refractivity contribution is 4.83. The summed E-state index contributed by atoms with van der Waals surface area (Å²) in [4.78, 5) is 2.59. The second-order valence-electron chi connectivity index (χ2n) is 6.37. The Morgan fingerprint density at radius 2 is 1.71 bits per heavy atom. The number of hydrogen-bond donors (Lipinski definition) is 1. The maximum atomic E-state index is 6.02. The highest BCUT2D eigenvalue weighted by Crippen LogP contribution is 2.26. The maximum Gasteiger partial charge on any atom is 0.0243 e. The van der Waals surface area contributed by atoms with E-state index in [1.165, 1.54) is 38.5 Å². The topological polar surface area (TPSA) is 29.3 Å². The molecule has 2 heteroatoms. The summed E-state index contributed by atoms with van der Waals surface area (Å²) < 4.78 is 0. The van der Waals surface area contributed by atoms with Crippen molar-refractivity contribution in [2.45, 2.75) is 71.4 Å². The van der Waals surface area contributed by atoms with E-state index < -0.39 is 0 Å². The number of nitrogens with zero attached hydrogens (tertiary/aromatic N) is 1. The van der Waals surface area contributed by atoms with Gasteiger partial charge >= 0.3 is 0 Å². The highest BCUT2D eigenvalue weighted by atomic mass is 15.2. The Hall–Kier alpha value is -0.0800. The van der Waals surface area contributed by atoms with Gasteiger partial charge in [-0.2, -0.15) is 0 Å². The monoisotopic (exact) mass is 240 g/mol. The Morgan fingerprint density at radius 3 is 2.18 bits per heavy atom. The Balaban J connectivity index is 2.52. The fourth-order valence-electron chi connectivity index (χ4n) is 3.46. The molecule has 2 unspecified atom stereocenters. The Kier molecular flexibility index (Phi) is 6.50. The third kappa shape index (κ3) is 4.59. The quantitative estimate of drug-likeness (QED) is 0.772. The van der Waals surface area contributed by atoms with Crippen LogP contribution in [0.1, 0.15) is 59.3 Å². The zero-order valence-electron chi connectivity index (χ0n) is 12.3. The van der Waals surface area contributed by atoms with Gasteiger partial charge in [-0.15, -0.1) is 0 Å². The van der Waals surface area contributed by atoms with Crippen LogP contribution in [0.15, 0.2) is 0 Å². The van der Waals surface area contributed by atoms with Crippen molar-refractivity contribution in [2.24, 2.45) is 17.6 Å². The summed E-state index contributed by atoms with van der Waals surface area (Å²) in [7, 11) is 2.30. The molecule has 0 spiro atoms. The van der Waals surface area contributed by atoms with E-state index in [9.17, 15) is 0 Å². The molecule has 0 aromatic rings. The van der Waals surface area contributed by atoms with Crippen LogP contribution in [-0.2, 0) is 0 Å². The lowest BCUT2D eigenvalue weighted by Crippen LogP contribution is -2.48. The molecule has 2 atom stereocenters. The molecule has 0 heterocycles. The Bertz CT molecular complexity index is 197. The molecule has 1 fully saturated rings. The van der Waals surface area contributed by atoms with E-state index in [0.29, 0.717) is 12.0 Å². The molecule has 2 nitrogen and oxygen atoms in total. The van der Waals surface area contributed by atoms with Gasteiger partial charge in [0, 0.05) is 18.6 Å². The van der Waals surface area contributed by atoms with Crippen LogP contribution in [0.25, 0.3) is 0 Å². The van der Waals surface area contributed by atoms with Gasteiger partial charge in [-0.05, 0) is 38.1 Å². The Morgan fingerprint density at radius 1 is 1.12 bits per heavy atom. The van der Waals surface area contributed by atoms with Gasteiger partial charge in [-0.25, -0.2) is 0 Å². The van der Waals surface area contributed by atoms with Gasteiger partial charge in [0.2, 0.25) is 0 Å². The predicted molar refractivity (Wildman–Crippen MR) is 76.1 cm³/mol. The first-order chi connectivity index (χ1) is 8.06. The number of rotatable bonds is 6. The molecule has 2 N–H and O–H groups in total. The maximum absolute atomic E-state index is 6.02. The lowest BCUT2D eigenvalue weighted by molar-refractivity contribution is 0.0996. The van der Waals surface area contributed by atoms with E-state index in [2.05, 4.69) is 32.7 Å². The van der Waals surface area contributed by atoms with E-state index in [1.54, 1.807) is 0 Å². The highest BCUT2D eigenvalue weighted by Gasteiger charge is 2.27. The fraction of sp³-hybridized carbons (Fsp3) is 1.00. The van der Waals surface area contributed by atoms with E-state index >= 15 is 0 Å². The van der Waals surface area contributed by atoms with Gasteiger partial charge in [-0.1, -0.05) is 40.0 Å². The van der Waals surface area contributed by atoms with Crippen molar-refractivity contribution in [3.63, 3.8) is 0 Å². The smallest absolute Gasteiger partial charge is 0.0243 e. The Labute approximate surface area is 108 Å². The van der Waals surface area contributed by atoms with Crippen molar-refractivity contribution in [3.05, 3.63) is 0 Å². The molecule has 1 aliphatic carbocycles. The molecular weight excluding hydrogens is 208 g/mol. The van der Waals surface area contributed by atoms with Crippen molar-refractivity contribution in [3.8, 4) is 0 Å². The van der Waals surface area contributed by atoms with Crippen LogP contribution in [0, 0.1) is 11.8 Å². The largest absolute Gasteiger partial charge is 0.329 e. The molecule has 17 heavy (non-hydrogen) atoms. The molecule has 0 aliphatic heterocycles. The first kappa shape index (κ1) is 15.0. The molecule has 0 amide bonds. The molecule has 102 valence electrons. The van der Waals surface area contributed by atoms with Gasteiger partial charge in [0.25, 0.3) is 0 Å². The molecule has 1 rings (SSSR count). The molecule has 1 saturated carbocycles. The minimum atomic E-state index is 0.570. The number of hydrogen-bond acceptors (Lipinski definition) is 2. The average Bonchev–Trinajstić information content (AvgIpc) is 2.30. The average molecular weight is 240 g/mol. The molecular formula is C15H32N2. The van der Waals surface area contributed by atoms with Crippen molar-refractivity contribution in [1.82, 2.24) is 4.90 Å². The summed E-state index contributed by atoms with van der Waals surface area (Å²) in [5.74, 6) is 1.49. The van der Waals surface area contributed by atoms with Crippen molar-refractivity contribution >= 4 is 0 Å². The van der Waals surface area contributed by atoms with Crippen LogP contribution in [0.2, 0.25) is 0 Å². The van der Waals surface area contributed by atoms with Crippen molar-refractivity contribution in [2.75, 3.05) is 13.6 Å². The van der Waals surface area contributed by atoms with Crippen LogP contribution >= 0.6 is 0 Å². The van der Waals surface area contributed by atoms with Crippen LogP contribution in [0.4, 0.5) is 0 Å². The lowest BCUT2D eigenvalue weighted by atomic mass is 9.88. The molecule has 0 bridgehead atoms. The summed E-state index contributed by atoms with van der Waals surface area (Å²) in [5.41, 5.74) is 6.02. The van der Waals surface area contributed by atoms with E-state index in [1.807, 2.05) is 0 Å². The van der Waals surface area contributed by atoms with E-state index in [0.717, 1.165) is 18.5 Å². The van der Waals surface area contributed by atoms with Crippen LogP contribution < -0.4 is 5.73 Å². The second-order valence-corrected chi connectivity index (χ2v) is 6.37. The second kappa shape index (κ2) is 7.38. The number of likely N-dealkylation sites (N-methyl/N-ethyl adjacent to an activating group) is 1. The third-order valence-electron chi connectivity index (χ3n) is 4.42. The number of nitrogens with two attached hydrogens (primary N) is 1. The minimum Gasteiger partial charge on any atom is -0.329 e.